The normalized spacial score (nSPS) is 10.7. The van der Waals surface area contributed by atoms with Gasteiger partial charge >= 0.3 is 0 Å². The number of nitrogens with one attached hydrogen (secondary N) is 1. The SMILES string of the molecule is Cc1cnc(NC(=O)CCc2ncc(-c3ccc(Cl)cc3)o2)s1. The molecule has 118 valence electrons. The fraction of sp³-hybridized carbons (Fsp3) is 0.188. The van der Waals surface area contributed by atoms with Crippen LogP contribution in [0.4, 0.5) is 5.13 Å². The predicted octanol–water partition coefficient (Wildman–Crippen LogP) is 4.33. The summed E-state index contributed by atoms with van der Waals surface area (Å²) in [5, 5.41) is 4.04. The standard InChI is InChI=1S/C16H14ClN3O2S/c1-10-8-19-16(23-10)20-14(21)6-7-15-18-9-13(22-15)11-2-4-12(17)5-3-11/h2-5,8-9H,6-7H2,1H3,(H,19,20,21). The van der Waals surface area contributed by atoms with Gasteiger partial charge in [0.05, 0.1) is 6.20 Å². The summed E-state index contributed by atoms with van der Waals surface area (Å²) in [4.78, 5) is 21.2. The van der Waals surface area contributed by atoms with Gasteiger partial charge in [-0.25, -0.2) is 9.97 Å². The molecule has 3 aromatic rings. The van der Waals surface area contributed by atoms with Gasteiger partial charge in [-0.1, -0.05) is 11.6 Å². The molecule has 0 saturated heterocycles. The minimum absolute atomic E-state index is 0.106. The molecule has 0 aliphatic carbocycles. The highest BCUT2D eigenvalue weighted by molar-refractivity contribution is 7.15. The van der Waals surface area contributed by atoms with Gasteiger partial charge in [-0.15, -0.1) is 11.3 Å². The summed E-state index contributed by atoms with van der Waals surface area (Å²) < 4.78 is 5.67. The molecule has 0 fully saturated rings. The monoisotopic (exact) mass is 347 g/mol. The number of hydrogen-bond donors (Lipinski definition) is 1. The van der Waals surface area contributed by atoms with E-state index < -0.39 is 0 Å². The number of carbonyl (C=O) groups excluding carboxylic acids is 1. The van der Waals surface area contributed by atoms with Crippen molar-refractivity contribution in [3.63, 3.8) is 0 Å². The zero-order valence-corrected chi connectivity index (χ0v) is 13.9. The highest BCUT2D eigenvalue weighted by Crippen LogP contribution is 2.23. The molecule has 0 bridgehead atoms. The second-order valence-corrected chi connectivity index (χ2v) is 6.62. The predicted molar refractivity (Wildman–Crippen MR) is 90.8 cm³/mol. The summed E-state index contributed by atoms with van der Waals surface area (Å²) in [6.07, 6.45) is 4.11. The molecule has 3 rings (SSSR count). The summed E-state index contributed by atoms with van der Waals surface area (Å²) in [5.41, 5.74) is 0.899. The molecule has 0 spiro atoms. The van der Waals surface area contributed by atoms with Crippen LogP contribution in [0.1, 0.15) is 17.2 Å². The number of carbonyl (C=O) groups is 1. The van der Waals surface area contributed by atoms with E-state index in [1.807, 2.05) is 19.1 Å². The fourth-order valence-corrected chi connectivity index (χ4v) is 2.79. The van der Waals surface area contributed by atoms with Crippen molar-refractivity contribution in [3.05, 3.63) is 52.4 Å². The van der Waals surface area contributed by atoms with Gasteiger partial charge in [0.15, 0.2) is 16.8 Å². The zero-order valence-electron chi connectivity index (χ0n) is 12.4. The van der Waals surface area contributed by atoms with Gasteiger partial charge in [-0.05, 0) is 31.2 Å². The van der Waals surface area contributed by atoms with E-state index in [2.05, 4.69) is 15.3 Å². The molecule has 0 atom stereocenters. The van der Waals surface area contributed by atoms with Gasteiger partial charge in [-0.3, -0.25) is 4.79 Å². The quantitative estimate of drug-likeness (QED) is 0.745. The maximum atomic E-state index is 11.9. The van der Waals surface area contributed by atoms with Crippen molar-refractivity contribution in [1.29, 1.82) is 0 Å². The molecule has 7 heteroatoms. The Morgan fingerprint density at radius 1 is 1.26 bits per heavy atom. The number of nitrogens with zero attached hydrogens (tertiary/aromatic N) is 2. The van der Waals surface area contributed by atoms with E-state index in [0.717, 1.165) is 10.4 Å². The van der Waals surface area contributed by atoms with Gasteiger partial charge < -0.3 is 9.73 Å². The van der Waals surface area contributed by atoms with Crippen LogP contribution < -0.4 is 5.32 Å². The molecule has 23 heavy (non-hydrogen) atoms. The summed E-state index contributed by atoms with van der Waals surface area (Å²) in [6.45, 7) is 1.94. The molecule has 2 aromatic heterocycles. The summed E-state index contributed by atoms with van der Waals surface area (Å²) in [5.74, 6) is 1.08. The molecule has 5 nitrogen and oxygen atoms in total. The van der Waals surface area contributed by atoms with E-state index >= 15 is 0 Å². The van der Waals surface area contributed by atoms with Crippen LogP contribution in [0, 0.1) is 6.92 Å². The second kappa shape index (κ2) is 6.93. The zero-order chi connectivity index (χ0) is 16.2. The highest BCUT2D eigenvalue weighted by Gasteiger charge is 2.10. The molecule has 0 saturated carbocycles. The van der Waals surface area contributed by atoms with Gasteiger partial charge in [0, 0.05) is 34.5 Å². The van der Waals surface area contributed by atoms with E-state index in [1.54, 1.807) is 24.5 Å². The minimum Gasteiger partial charge on any atom is -0.441 e. The van der Waals surface area contributed by atoms with Crippen molar-refractivity contribution in [2.45, 2.75) is 19.8 Å². The largest absolute Gasteiger partial charge is 0.441 e. The molecular weight excluding hydrogens is 334 g/mol. The lowest BCUT2D eigenvalue weighted by molar-refractivity contribution is -0.116. The third-order valence-electron chi connectivity index (χ3n) is 3.12. The molecule has 0 unspecified atom stereocenters. The van der Waals surface area contributed by atoms with Crippen LogP contribution in [-0.2, 0) is 11.2 Å². The van der Waals surface area contributed by atoms with Crippen LogP contribution >= 0.6 is 22.9 Å². The Balaban J connectivity index is 1.56. The maximum absolute atomic E-state index is 11.9. The van der Waals surface area contributed by atoms with Crippen LogP contribution in [-0.4, -0.2) is 15.9 Å². The lowest BCUT2D eigenvalue weighted by Gasteiger charge is -1.99. The number of oxazole rings is 1. The Labute approximate surface area is 142 Å². The molecule has 1 aromatic carbocycles. The van der Waals surface area contributed by atoms with E-state index in [1.165, 1.54) is 11.3 Å². The second-order valence-electron chi connectivity index (χ2n) is 4.95. The first-order valence-corrected chi connectivity index (χ1v) is 8.22. The molecule has 1 amide bonds. The van der Waals surface area contributed by atoms with E-state index in [4.69, 9.17) is 16.0 Å². The lowest BCUT2D eigenvalue weighted by atomic mass is 10.2. The van der Waals surface area contributed by atoms with E-state index in [-0.39, 0.29) is 5.91 Å². The van der Waals surface area contributed by atoms with Gasteiger partial charge in [0.2, 0.25) is 5.91 Å². The average Bonchev–Trinajstić information content (AvgIpc) is 3.15. The van der Waals surface area contributed by atoms with Gasteiger partial charge in [0.1, 0.15) is 0 Å². The third kappa shape index (κ3) is 4.18. The maximum Gasteiger partial charge on any atom is 0.226 e. The Kier molecular flexibility index (Phi) is 4.73. The Bertz CT molecular complexity index is 811. The van der Waals surface area contributed by atoms with Crippen LogP contribution in [0.5, 0.6) is 0 Å². The number of halogens is 1. The topological polar surface area (TPSA) is 68.0 Å². The fourth-order valence-electron chi connectivity index (χ4n) is 1.99. The first-order chi connectivity index (χ1) is 11.1. The minimum atomic E-state index is -0.106. The summed E-state index contributed by atoms with van der Waals surface area (Å²) in [6, 6.07) is 7.32. The number of aromatic nitrogens is 2. The Morgan fingerprint density at radius 2 is 2.04 bits per heavy atom. The van der Waals surface area contributed by atoms with Crippen LogP contribution in [0.15, 0.2) is 41.1 Å². The van der Waals surface area contributed by atoms with Crippen molar-refractivity contribution in [1.82, 2.24) is 9.97 Å². The van der Waals surface area contributed by atoms with Gasteiger partial charge in [-0.2, -0.15) is 0 Å². The highest BCUT2D eigenvalue weighted by atomic mass is 35.5. The van der Waals surface area contributed by atoms with Crippen LogP contribution in [0.3, 0.4) is 0 Å². The number of benzene rings is 1. The Hall–Kier alpha value is -2.18. The molecular formula is C16H14ClN3O2S. The Morgan fingerprint density at radius 3 is 2.74 bits per heavy atom. The van der Waals surface area contributed by atoms with E-state index in [9.17, 15) is 4.79 Å². The van der Waals surface area contributed by atoms with Crippen molar-refractivity contribution in [2.24, 2.45) is 0 Å². The number of rotatable bonds is 5. The molecule has 2 heterocycles. The van der Waals surface area contributed by atoms with Crippen molar-refractivity contribution < 1.29 is 9.21 Å². The molecule has 1 N–H and O–H groups in total. The summed E-state index contributed by atoms with van der Waals surface area (Å²) >= 11 is 7.31. The molecule has 0 aliphatic heterocycles. The van der Waals surface area contributed by atoms with E-state index in [0.29, 0.717) is 34.6 Å². The number of aryl methyl sites for hydroxylation is 2. The average molecular weight is 348 g/mol. The van der Waals surface area contributed by atoms with Crippen LogP contribution in [0.25, 0.3) is 11.3 Å². The smallest absolute Gasteiger partial charge is 0.226 e. The van der Waals surface area contributed by atoms with Gasteiger partial charge in [0.25, 0.3) is 0 Å². The first kappa shape index (κ1) is 15.7. The van der Waals surface area contributed by atoms with Crippen molar-refractivity contribution in [3.8, 4) is 11.3 Å². The van der Waals surface area contributed by atoms with Crippen LogP contribution in [0.2, 0.25) is 5.02 Å². The molecule has 0 aliphatic rings. The number of amides is 1. The first-order valence-electron chi connectivity index (χ1n) is 7.03. The lowest BCUT2D eigenvalue weighted by Crippen LogP contribution is -2.12. The third-order valence-corrected chi connectivity index (χ3v) is 4.20. The number of thiazole rings is 1. The molecule has 0 radical (unpaired) electrons. The summed E-state index contributed by atoms with van der Waals surface area (Å²) in [7, 11) is 0. The van der Waals surface area contributed by atoms with Crippen molar-refractivity contribution in [2.75, 3.05) is 5.32 Å². The number of hydrogen-bond acceptors (Lipinski definition) is 5. The number of anilines is 1. The van der Waals surface area contributed by atoms with Crippen molar-refractivity contribution >= 4 is 34.0 Å².